The minimum absolute atomic E-state index is 1.12. The summed E-state index contributed by atoms with van der Waals surface area (Å²) in [7, 11) is 0. The zero-order valence-corrected chi connectivity index (χ0v) is 24.2. The fourth-order valence-electron chi connectivity index (χ4n) is 6.20. The summed E-state index contributed by atoms with van der Waals surface area (Å²) >= 11 is 0. The van der Waals surface area contributed by atoms with Crippen molar-refractivity contribution in [2.24, 2.45) is 0 Å². The number of para-hydroxylation sites is 3. The molecule has 0 aliphatic carbocycles. The van der Waals surface area contributed by atoms with Gasteiger partial charge >= 0.3 is 0 Å². The summed E-state index contributed by atoms with van der Waals surface area (Å²) in [5.41, 5.74) is 11.7. The van der Waals surface area contributed by atoms with Gasteiger partial charge < -0.3 is 9.80 Å². The second-order valence-corrected chi connectivity index (χ2v) is 11.1. The molecule has 0 amide bonds. The molecule has 208 valence electrons. The van der Waals surface area contributed by atoms with Gasteiger partial charge in [-0.3, -0.25) is 0 Å². The molecule has 0 aromatic heterocycles. The Kier molecular flexibility index (Phi) is 6.51. The number of hydrogen-bond acceptors (Lipinski definition) is 2. The molecule has 0 saturated carbocycles. The van der Waals surface area contributed by atoms with Crippen LogP contribution in [0, 0.1) is 0 Å². The van der Waals surface area contributed by atoms with Crippen molar-refractivity contribution >= 4 is 57.0 Å². The van der Waals surface area contributed by atoms with Crippen molar-refractivity contribution in [1.29, 1.82) is 0 Å². The summed E-state index contributed by atoms with van der Waals surface area (Å²) in [4.78, 5) is 4.68. The molecule has 0 radical (unpaired) electrons. The molecular formula is C42H30N2. The highest BCUT2D eigenvalue weighted by Gasteiger charge is 2.19. The van der Waals surface area contributed by atoms with Crippen molar-refractivity contribution < 1.29 is 0 Å². The summed E-state index contributed by atoms with van der Waals surface area (Å²) in [6.45, 7) is 0. The Morgan fingerprint density at radius 3 is 1.52 bits per heavy atom. The van der Waals surface area contributed by atoms with Crippen molar-refractivity contribution in [3.63, 3.8) is 0 Å². The van der Waals surface area contributed by atoms with E-state index in [0.29, 0.717) is 0 Å². The Bertz CT molecular complexity index is 2060. The highest BCUT2D eigenvalue weighted by molar-refractivity contribution is 5.94. The molecule has 0 spiro atoms. The van der Waals surface area contributed by atoms with E-state index in [4.69, 9.17) is 0 Å². The number of fused-ring (bicyclic) bond motifs is 3. The first-order valence-corrected chi connectivity index (χ1v) is 15.0. The average molecular weight is 563 g/mol. The Balaban J connectivity index is 1.14. The summed E-state index contributed by atoms with van der Waals surface area (Å²) in [5.74, 6) is 0. The molecule has 0 bridgehead atoms. The molecule has 0 N–H and O–H groups in total. The van der Waals surface area contributed by atoms with E-state index < -0.39 is 0 Å². The molecule has 2 heteroatoms. The van der Waals surface area contributed by atoms with E-state index in [1.807, 2.05) is 0 Å². The van der Waals surface area contributed by atoms with Crippen LogP contribution in [0.5, 0.6) is 0 Å². The number of hydrogen-bond donors (Lipinski definition) is 0. The minimum atomic E-state index is 1.12. The van der Waals surface area contributed by atoms with Crippen LogP contribution >= 0.6 is 0 Å². The number of benzene rings is 7. The first kappa shape index (κ1) is 25.8. The molecule has 1 aliphatic heterocycles. The Morgan fingerprint density at radius 1 is 0.364 bits per heavy atom. The first-order valence-electron chi connectivity index (χ1n) is 15.0. The summed E-state index contributed by atoms with van der Waals surface area (Å²) < 4.78 is 0. The van der Waals surface area contributed by atoms with Crippen molar-refractivity contribution in [3.8, 4) is 11.1 Å². The molecule has 2 nitrogen and oxygen atoms in total. The molecule has 0 saturated heterocycles. The second kappa shape index (κ2) is 11.1. The molecule has 44 heavy (non-hydrogen) atoms. The predicted octanol–water partition coefficient (Wildman–Crippen LogP) is 11.9. The third-order valence-electron chi connectivity index (χ3n) is 8.39. The average Bonchev–Trinajstić information content (AvgIpc) is 3.26. The number of anilines is 6. The largest absolute Gasteiger partial charge is 0.310 e. The minimum Gasteiger partial charge on any atom is -0.310 e. The molecule has 0 unspecified atom stereocenters. The Morgan fingerprint density at radius 2 is 0.864 bits per heavy atom. The van der Waals surface area contributed by atoms with E-state index in [0.717, 1.165) is 22.7 Å². The van der Waals surface area contributed by atoms with Gasteiger partial charge in [0.2, 0.25) is 0 Å². The lowest BCUT2D eigenvalue weighted by Gasteiger charge is -2.27. The van der Waals surface area contributed by atoms with Gasteiger partial charge in [-0.25, -0.2) is 0 Å². The van der Waals surface area contributed by atoms with Crippen molar-refractivity contribution in [1.82, 2.24) is 0 Å². The number of rotatable bonds is 5. The SMILES string of the molecule is C1=Cc2ccccc2N(c2ccc(-c3ccc(N(c4ccccc4)c4ccc5ccccc5c4)cc3)cc2)c2ccccc21. The molecule has 1 heterocycles. The van der Waals surface area contributed by atoms with Crippen molar-refractivity contribution in [2.75, 3.05) is 9.80 Å². The second-order valence-electron chi connectivity index (χ2n) is 11.1. The quantitative estimate of drug-likeness (QED) is 0.206. The molecule has 1 aliphatic rings. The van der Waals surface area contributed by atoms with Gasteiger partial charge in [-0.1, -0.05) is 121 Å². The fraction of sp³-hybridized carbons (Fsp3) is 0. The summed E-state index contributed by atoms with van der Waals surface area (Å²) in [5, 5.41) is 2.47. The van der Waals surface area contributed by atoms with E-state index >= 15 is 0 Å². The van der Waals surface area contributed by atoms with Crippen LogP contribution in [-0.4, -0.2) is 0 Å². The fourth-order valence-corrected chi connectivity index (χ4v) is 6.20. The molecule has 8 rings (SSSR count). The maximum atomic E-state index is 2.36. The third-order valence-corrected chi connectivity index (χ3v) is 8.39. The van der Waals surface area contributed by atoms with Gasteiger partial charge in [0.25, 0.3) is 0 Å². The van der Waals surface area contributed by atoms with E-state index in [1.54, 1.807) is 0 Å². The monoisotopic (exact) mass is 562 g/mol. The standard InChI is InChI=1S/C42H30N2/c1-2-14-37(15-3-1)43(40-29-24-31-10-4-5-13-36(31)30-40)38-25-20-32(21-26-38)33-22-27-39(28-23-33)44-41-16-8-6-11-34(41)18-19-35-12-7-9-17-42(35)44/h1-30H. The van der Waals surface area contributed by atoms with Gasteiger partial charge in [-0.2, -0.15) is 0 Å². The van der Waals surface area contributed by atoms with Gasteiger partial charge in [0.05, 0.1) is 11.4 Å². The molecule has 7 aromatic rings. The van der Waals surface area contributed by atoms with Crippen LogP contribution in [0.4, 0.5) is 34.1 Å². The highest BCUT2D eigenvalue weighted by Crippen LogP contribution is 2.42. The van der Waals surface area contributed by atoms with Crippen LogP contribution < -0.4 is 9.80 Å². The normalized spacial score (nSPS) is 12.0. The van der Waals surface area contributed by atoms with Crippen LogP contribution in [0.2, 0.25) is 0 Å². The van der Waals surface area contributed by atoms with Crippen molar-refractivity contribution in [3.05, 3.63) is 181 Å². The van der Waals surface area contributed by atoms with Gasteiger partial charge in [0.1, 0.15) is 0 Å². The van der Waals surface area contributed by atoms with Crippen LogP contribution in [-0.2, 0) is 0 Å². The maximum Gasteiger partial charge on any atom is 0.0534 e. The Hall–Kier alpha value is -5.86. The smallest absolute Gasteiger partial charge is 0.0534 e. The predicted molar refractivity (Wildman–Crippen MR) is 188 cm³/mol. The summed E-state index contributed by atoms with van der Waals surface area (Å²) in [6, 6.07) is 60.8. The van der Waals surface area contributed by atoms with E-state index in [9.17, 15) is 0 Å². The van der Waals surface area contributed by atoms with E-state index in [2.05, 4.69) is 192 Å². The molecule has 0 atom stereocenters. The Labute approximate surface area is 258 Å². The van der Waals surface area contributed by atoms with E-state index in [1.165, 1.54) is 44.4 Å². The lowest BCUT2D eigenvalue weighted by atomic mass is 10.0. The highest BCUT2D eigenvalue weighted by atomic mass is 15.2. The summed E-state index contributed by atoms with van der Waals surface area (Å²) in [6.07, 6.45) is 4.42. The van der Waals surface area contributed by atoms with Crippen LogP contribution in [0.25, 0.3) is 34.1 Å². The zero-order chi connectivity index (χ0) is 29.3. The number of nitrogens with zero attached hydrogens (tertiary/aromatic N) is 2. The first-order chi connectivity index (χ1) is 21.8. The molecule has 0 fully saturated rings. The van der Waals surface area contributed by atoms with Crippen LogP contribution in [0.15, 0.2) is 170 Å². The van der Waals surface area contributed by atoms with Crippen molar-refractivity contribution in [2.45, 2.75) is 0 Å². The van der Waals surface area contributed by atoms with Gasteiger partial charge in [0, 0.05) is 22.7 Å². The van der Waals surface area contributed by atoms with Crippen LogP contribution in [0.3, 0.4) is 0 Å². The van der Waals surface area contributed by atoms with Gasteiger partial charge in [0.15, 0.2) is 0 Å². The molecule has 7 aromatic carbocycles. The molecular weight excluding hydrogens is 532 g/mol. The van der Waals surface area contributed by atoms with Gasteiger partial charge in [-0.05, 0) is 93.7 Å². The third kappa shape index (κ3) is 4.73. The maximum absolute atomic E-state index is 2.36. The lowest BCUT2D eigenvalue weighted by Crippen LogP contribution is -2.11. The van der Waals surface area contributed by atoms with E-state index in [-0.39, 0.29) is 0 Å². The topological polar surface area (TPSA) is 6.48 Å². The lowest BCUT2D eigenvalue weighted by molar-refractivity contribution is 1.28. The zero-order valence-electron chi connectivity index (χ0n) is 24.2. The van der Waals surface area contributed by atoms with Gasteiger partial charge in [-0.15, -0.1) is 0 Å². The van der Waals surface area contributed by atoms with Crippen LogP contribution in [0.1, 0.15) is 11.1 Å².